The zero-order valence-electron chi connectivity index (χ0n) is 12.8. The Morgan fingerprint density at radius 1 is 1.04 bits per heavy atom. The smallest absolute Gasteiger partial charge is 0.142 e. The molecule has 0 heterocycles. The molecule has 0 bridgehead atoms. The van der Waals surface area contributed by atoms with E-state index in [9.17, 15) is 0 Å². The van der Waals surface area contributed by atoms with Crippen LogP contribution >= 0.6 is 0 Å². The van der Waals surface area contributed by atoms with E-state index in [0.717, 1.165) is 11.3 Å². The summed E-state index contributed by atoms with van der Waals surface area (Å²) >= 11 is 0. The number of nitrogen functional groups attached to an aromatic ring is 3. The summed E-state index contributed by atoms with van der Waals surface area (Å²) in [5.74, 6) is 0.563. The molecule has 6 nitrogen and oxygen atoms in total. The van der Waals surface area contributed by atoms with E-state index in [1.807, 2.05) is 24.3 Å². The third-order valence-corrected chi connectivity index (χ3v) is 3.19. The first-order valence-electron chi connectivity index (χ1n) is 7.28. The monoisotopic (exact) mass is 314 g/mol. The molecule has 0 aliphatic rings. The fourth-order valence-corrected chi connectivity index (χ4v) is 2.05. The van der Waals surface area contributed by atoms with Gasteiger partial charge in [0.15, 0.2) is 0 Å². The Bertz CT molecular complexity index is 686. The van der Waals surface area contributed by atoms with E-state index in [0.29, 0.717) is 29.4 Å². The Kier molecular flexibility index (Phi) is 5.71. The van der Waals surface area contributed by atoms with Gasteiger partial charge < -0.3 is 32.4 Å². The maximum absolute atomic E-state index is 8.74. The van der Waals surface area contributed by atoms with Gasteiger partial charge in [-0.2, -0.15) is 0 Å². The Morgan fingerprint density at radius 3 is 2.61 bits per heavy atom. The van der Waals surface area contributed by atoms with Gasteiger partial charge in [0.25, 0.3) is 0 Å². The number of benzene rings is 2. The summed E-state index contributed by atoms with van der Waals surface area (Å²) in [7, 11) is 0. The molecule has 0 unspecified atom stereocenters. The van der Waals surface area contributed by atoms with Gasteiger partial charge in [-0.1, -0.05) is 12.2 Å². The summed E-state index contributed by atoms with van der Waals surface area (Å²) in [4.78, 5) is 0. The molecule has 0 aliphatic heterocycles. The van der Waals surface area contributed by atoms with Crippen LogP contribution in [0.1, 0.15) is 5.56 Å². The highest BCUT2D eigenvalue weighted by Crippen LogP contribution is 2.25. The van der Waals surface area contributed by atoms with E-state index in [1.165, 1.54) is 0 Å². The van der Waals surface area contributed by atoms with Crippen LogP contribution in [0.15, 0.2) is 42.5 Å². The summed E-state index contributed by atoms with van der Waals surface area (Å²) in [5, 5.41) is 12.0. The lowest BCUT2D eigenvalue weighted by molar-refractivity contribution is 0.202. The minimum absolute atomic E-state index is 0.0443. The number of nitrogens with one attached hydrogen (secondary N) is 1. The van der Waals surface area contributed by atoms with E-state index in [4.69, 9.17) is 27.0 Å². The number of aliphatic hydroxyl groups excluding tert-OH is 1. The third kappa shape index (κ3) is 4.82. The molecular formula is C17H22N4O2. The lowest BCUT2D eigenvalue weighted by Crippen LogP contribution is -2.05. The van der Waals surface area contributed by atoms with Gasteiger partial charge in [-0.25, -0.2) is 0 Å². The zero-order chi connectivity index (χ0) is 16.7. The first kappa shape index (κ1) is 16.5. The Morgan fingerprint density at radius 2 is 1.87 bits per heavy atom. The highest BCUT2D eigenvalue weighted by Gasteiger charge is 2.01. The van der Waals surface area contributed by atoms with Crippen molar-refractivity contribution in [1.29, 1.82) is 0 Å². The first-order valence-corrected chi connectivity index (χ1v) is 7.28. The largest absolute Gasteiger partial charge is 0.489 e. The fraction of sp³-hybridized carbons (Fsp3) is 0.176. The molecule has 0 saturated heterocycles. The van der Waals surface area contributed by atoms with E-state index < -0.39 is 0 Å². The maximum atomic E-state index is 8.74. The van der Waals surface area contributed by atoms with Crippen molar-refractivity contribution >= 4 is 28.8 Å². The van der Waals surface area contributed by atoms with Crippen LogP contribution in [-0.2, 0) is 0 Å². The highest BCUT2D eigenvalue weighted by molar-refractivity contribution is 5.69. The summed E-state index contributed by atoms with van der Waals surface area (Å²) in [6.45, 7) is 0.795. The molecule has 0 aromatic heterocycles. The van der Waals surface area contributed by atoms with Crippen LogP contribution in [0, 0.1) is 0 Å². The minimum Gasteiger partial charge on any atom is -0.489 e. The predicted molar refractivity (Wildman–Crippen MR) is 96.2 cm³/mol. The molecule has 2 aromatic carbocycles. The SMILES string of the molecule is Nc1ccc(N)c(C=CCNc2ccc(OCCO)c(N)c2)c1. The number of hydrogen-bond donors (Lipinski definition) is 5. The highest BCUT2D eigenvalue weighted by atomic mass is 16.5. The standard InChI is InChI=1S/C17H22N4O2/c18-13-3-5-15(19)12(10-13)2-1-7-21-14-4-6-17(16(20)11-14)23-9-8-22/h1-6,10-11,21-22H,7-9,18-20H2. The fourth-order valence-electron chi connectivity index (χ4n) is 2.05. The summed E-state index contributed by atoms with van der Waals surface area (Å²) in [6, 6.07) is 10.8. The van der Waals surface area contributed by atoms with Crippen molar-refractivity contribution in [3.8, 4) is 5.75 Å². The zero-order valence-corrected chi connectivity index (χ0v) is 12.8. The van der Waals surface area contributed by atoms with E-state index in [-0.39, 0.29) is 13.2 Å². The molecule has 0 spiro atoms. The van der Waals surface area contributed by atoms with E-state index in [2.05, 4.69) is 5.32 Å². The molecule has 2 aromatic rings. The Hall–Kier alpha value is -2.86. The number of ether oxygens (including phenoxy) is 1. The molecule has 122 valence electrons. The Labute approximate surface area is 135 Å². The molecule has 0 fully saturated rings. The topological polar surface area (TPSA) is 120 Å². The molecule has 0 aliphatic carbocycles. The molecule has 0 radical (unpaired) electrons. The van der Waals surface area contributed by atoms with Crippen LogP contribution in [0.3, 0.4) is 0 Å². The molecule has 6 heteroatoms. The first-order chi connectivity index (χ1) is 11.1. The third-order valence-electron chi connectivity index (χ3n) is 3.19. The number of rotatable bonds is 7. The van der Waals surface area contributed by atoms with Crippen molar-refractivity contribution in [2.75, 3.05) is 42.3 Å². The van der Waals surface area contributed by atoms with Crippen LogP contribution in [0.4, 0.5) is 22.7 Å². The summed E-state index contributed by atoms with van der Waals surface area (Å²) in [6.07, 6.45) is 3.87. The van der Waals surface area contributed by atoms with Crippen molar-refractivity contribution in [3.05, 3.63) is 48.0 Å². The van der Waals surface area contributed by atoms with E-state index in [1.54, 1.807) is 24.3 Å². The van der Waals surface area contributed by atoms with Gasteiger partial charge in [-0.15, -0.1) is 0 Å². The molecule has 0 amide bonds. The van der Waals surface area contributed by atoms with Gasteiger partial charge in [-0.05, 0) is 42.0 Å². The Balaban J connectivity index is 1.92. The van der Waals surface area contributed by atoms with Crippen molar-refractivity contribution in [3.63, 3.8) is 0 Å². The normalized spacial score (nSPS) is 10.8. The van der Waals surface area contributed by atoms with Crippen molar-refractivity contribution < 1.29 is 9.84 Å². The molecule has 0 atom stereocenters. The van der Waals surface area contributed by atoms with Crippen LogP contribution in [0.5, 0.6) is 5.75 Å². The van der Waals surface area contributed by atoms with Gasteiger partial charge in [0.05, 0.1) is 12.3 Å². The van der Waals surface area contributed by atoms with Crippen LogP contribution < -0.4 is 27.3 Å². The second-order valence-corrected chi connectivity index (χ2v) is 5.00. The minimum atomic E-state index is -0.0443. The van der Waals surface area contributed by atoms with Crippen LogP contribution in [0.2, 0.25) is 0 Å². The van der Waals surface area contributed by atoms with Crippen LogP contribution in [0.25, 0.3) is 6.08 Å². The average Bonchev–Trinajstić information content (AvgIpc) is 2.54. The maximum Gasteiger partial charge on any atom is 0.142 e. The van der Waals surface area contributed by atoms with Gasteiger partial charge >= 0.3 is 0 Å². The second-order valence-electron chi connectivity index (χ2n) is 5.00. The molecular weight excluding hydrogens is 292 g/mol. The molecule has 23 heavy (non-hydrogen) atoms. The quantitative estimate of drug-likeness (QED) is 0.498. The van der Waals surface area contributed by atoms with Gasteiger partial charge in [0.2, 0.25) is 0 Å². The predicted octanol–water partition coefficient (Wildman–Crippen LogP) is 1.93. The second kappa shape index (κ2) is 7.95. The number of hydrogen-bond acceptors (Lipinski definition) is 6. The summed E-state index contributed by atoms with van der Waals surface area (Å²) in [5.41, 5.74) is 21.2. The van der Waals surface area contributed by atoms with Gasteiger partial charge in [0, 0.05) is 23.6 Å². The van der Waals surface area contributed by atoms with Gasteiger partial charge in [0.1, 0.15) is 12.4 Å². The lowest BCUT2D eigenvalue weighted by Gasteiger charge is -2.10. The number of anilines is 4. The average molecular weight is 314 g/mol. The lowest BCUT2D eigenvalue weighted by atomic mass is 10.1. The molecule has 0 saturated carbocycles. The van der Waals surface area contributed by atoms with Gasteiger partial charge in [-0.3, -0.25) is 0 Å². The molecule has 2 rings (SSSR count). The van der Waals surface area contributed by atoms with Crippen molar-refractivity contribution in [2.45, 2.75) is 0 Å². The van der Waals surface area contributed by atoms with Crippen molar-refractivity contribution in [2.24, 2.45) is 0 Å². The number of aliphatic hydroxyl groups is 1. The van der Waals surface area contributed by atoms with E-state index >= 15 is 0 Å². The van der Waals surface area contributed by atoms with Crippen molar-refractivity contribution in [1.82, 2.24) is 0 Å². The number of nitrogens with two attached hydrogens (primary N) is 3. The summed E-state index contributed by atoms with van der Waals surface area (Å²) < 4.78 is 5.31. The molecule has 8 N–H and O–H groups in total. The van der Waals surface area contributed by atoms with Crippen LogP contribution in [-0.4, -0.2) is 24.9 Å².